The maximum absolute atomic E-state index is 9.91. The van der Waals surface area contributed by atoms with Gasteiger partial charge in [0.1, 0.15) is 0 Å². The Morgan fingerprint density at radius 1 is 1.09 bits per heavy atom. The van der Waals surface area contributed by atoms with Crippen molar-refractivity contribution in [2.75, 3.05) is 0 Å². The van der Waals surface area contributed by atoms with E-state index in [9.17, 15) is 5.11 Å². The van der Waals surface area contributed by atoms with Gasteiger partial charge in [-0.1, -0.05) is 41.5 Å². The Labute approximate surface area is 70.8 Å². The minimum Gasteiger partial charge on any atom is -0.392 e. The third kappa shape index (κ3) is 2.82. The van der Waals surface area contributed by atoms with E-state index < -0.39 is 0 Å². The van der Waals surface area contributed by atoms with E-state index in [1.54, 1.807) is 0 Å². The van der Waals surface area contributed by atoms with Crippen LogP contribution < -0.4 is 0 Å². The summed E-state index contributed by atoms with van der Waals surface area (Å²) in [6, 6.07) is 0. The van der Waals surface area contributed by atoms with E-state index in [1.807, 2.05) is 0 Å². The summed E-state index contributed by atoms with van der Waals surface area (Å²) in [5.74, 6) is 0. The van der Waals surface area contributed by atoms with Gasteiger partial charge in [0.25, 0.3) is 0 Å². The Balaban J connectivity index is 4.35. The van der Waals surface area contributed by atoms with Crippen LogP contribution in [0.3, 0.4) is 0 Å². The van der Waals surface area contributed by atoms with Crippen LogP contribution in [-0.4, -0.2) is 11.2 Å². The third-order valence-corrected chi connectivity index (χ3v) is 2.47. The van der Waals surface area contributed by atoms with Crippen LogP contribution >= 0.6 is 0 Å². The summed E-state index contributed by atoms with van der Waals surface area (Å²) >= 11 is 0. The number of rotatable bonds is 2. The first kappa shape index (κ1) is 11.0. The largest absolute Gasteiger partial charge is 0.392 e. The lowest BCUT2D eigenvalue weighted by atomic mass is 9.72. The Morgan fingerprint density at radius 2 is 1.45 bits per heavy atom. The van der Waals surface area contributed by atoms with E-state index in [-0.39, 0.29) is 16.9 Å². The predicted octanol–water partition coefficient (Wildman–Crippen LogP) is 2.83. The van der Waals surface area contributed by atoms with Crippen molar-refractivity contribution in [1.29, 1.82) is 0 Å². The lowest BCUT2D eigenvalue weighted by Gasteiger charge is -2.38. The molecule has 0 saturated carbocycles. The van der Waals surface area contributed by atoms with E-state index in [1.165, 1.54) is 0 Å². The van der Waals surface area contributed by atoms with Gasteiger partial charge in [-0.25, -0.2) is 0 Å². The Bertz CT molecular complexity index is 119. The molecule has 0 aliphatic heterocycles. The van der Waals surface area contributed by atoms with Crippen LogP contribution in [0.15, 0.2) is 0 Å². The molecule has 0 bridgehead atoms. The quantitative estimate of drug-likeness (QED) is 0.655. The molecule has 0 saturated heterocycles. The minimum absolute atomic E-state index is 0.000486. The van der Waals surface area contributed by atoms with Crippen LogP contribution in [0.25, 0.3) is 0 Å². The van der Waals surface area contributed by atoms with Gasteiger partial charge in [0.2, 0.25) is 0 Å². The van der Waals surface area contributed by atoms with Gasteiger partial charge in [-0.15, -0.1) is 0 Å². The number of hydrogen-bond donors (Lipinski definition) is 1. The lowest BCUT2D eigenvalue weighted by molar-refractivity contribution is -0.0340. The second kappa shape index (κ2) is 3.14. The van der Waals surface area contributed by atoms with Crippen molar-refractivity contribution in [2.24, 2.45) is 10.8 Å². The maximum atomic E-state index is 9.91. The number of aliphatic hydroxyl groups excluding tert-OH is 1. The maximum Gasteiger partial charge on any atom is 0.0639 e. The van der Waals surface area contributed by atoms with Crippen molar-refractivity contribution in [3.05, 3.63) is 0 Å². The molecule has 0 unspecified atom stereocenters. The molecular weight excluding hydrogens is 136 g/mol. The molecule has 0 aromatic heterocycles. The zero-order chi connectivity index (χ0) is 9.28. The molecule has 1 atom stereocenters. The van der Waals surface area contributed by atoms with E-state index in [4.69, 9.17) is 0 Å². The highest BCUT2D eigenvalue weighted by Gasteiger charge is 2.34. The number of aliphatic hydroxyl groups is 1. The van der Waals surface area contributed by atoms with Gasteiger partial charge in [0.05, 0.1) is 6.10 Å². The van der Waals surface area contributed by atoms with Gasteiger partial charge in [-0.3, -0.25) is 0 Å². The van der Waals surface area contributed by atoms with Gasteiger partial charge in [-0.2, -0.15) is 0 Å². The number of hydrogen-bond acceptors (Lipinski definition) is 1. The molecule has 0 fully saturated rings. The van der Waals surface area contributed by atoms with Crippen LogP contribution in [-0.2, 0) is 0 Å². The zero-order valence-corrected chi connectivity index (χ0v) is 8.73. The van der Waals surface area contributed by atoms with Crippen molar-refractivity contribution in [2.45, 2.75) is 54.1 Å². The average Bonchev–Trinajstić information content (AvgIpc) is 1.84. The first-order valence-electron chi connectivity index (χ1n) is 4.40. The Hall–Kier alpha value is -0.0400. The SMILES string of the molecule is CCC(C)(C)[C@H](O)C(C)(C)C. The molecule has 1 N–H and O–H groups in total. The smallest absolute Gasteiger partial charge is 0.0639 e. The molecule has 0 aliphatic carbocycles. The van der Waals surface area contributed by atoms with Crippen LogP contribution in [0, 0.1) is 10.8 Å². The normalized spacial score (nSPS) is 16.6. The van der Waals surface area contributed by atoms with Crippen LogP contribution in [0.2, 0.25) is 0 Å². The molecule has 0 heterocycles. The highest BCUT2D eigenvalue weighted by atomic mass is 16.3. The zero-order valence-electron chi connectivity index (χ0n) is 8.73. The summed E-state index contributed by atoms with van der Waals surface area (Å²) in [7, 11) is 0. The monoisotopic (exact) mass is 158 g/mol. The summed E-state index contributed by atoms with van der Waals surface area (Å²) in [5.41, 5.74) is 0.0394. The standard InChI is InChI=1S/C10H22O/c1-7-10(5,6)8(11)9(2,3)4/h8,11H,7H2,1-6H3/t8-/m1/s1. The molecule has 0 amide bonds. The topological polar surface area (TPSA) is 20.2 Å². The molecule has 0 spiro atoms. The van der Waals surface area contributed by atoms with Crippen molar-refractivity contribution in [3.63, 3.8) is 0 Å². The second-order valence-electron chi connectivity index (χ2n) is 5.11. The molecular formula is C10H22O. The van der Waals surface area contributed by atoms with Crippen LogP contribution in [0.5, 0.6) is 0 Å². The van der Waals surface area contributed by atoms with Crippen molar-refractivity contribution in [1.82, 2.24) is 0 Å². The fourth-order valence-electron chi connectivity index (χ4n) is 1.37. The van der Waals surface area contributed by atoms with Crippen molar-refractivity contribution < 1.29 is 5.11 Å². The molecule has 1 nitrogen and oxygen atoms in total. The van der Waals surface area contributed by atoms with Crippen LogP contribution in [0.1, 0.15) is 48.0 Å². The molecule has 0 rings (SSSR count). The summed E-state index contributed by atoms with van der Waals surface area (Å²) in [6.45, 7) is 12.6. The average molecular weight is 158 g/mol. The molecule has 68 valence electrons. The molecule has 0 aromatic rings. The fraction of sp³-hybridized carbons (Fsp3) is 1.00. The summed E-state index contributed by atoms with van der Waals surface area (Å²) in [6.07, 6.45) is 0.797. The lowest BCUT2D eigenvalue weighted by Crippen LogP contribution is -2.39. The van der Waals surface area contributed by atoms with Gasteiger partial charge in [0, 0.05) is 0 Å². The van der Waals surface area contributed by atoms with Gasteiger partial charge >= 0.3 is 0 Å². The van der Waals surface area contributed by atoms with Crippen molar-refractivity contribution >= 4 is 0 Å². The van der Waals surface area contributed by atoms with E-state index in [0.29, 0.717) is 0 Å². The first-order chi connectivity index (χ1) is 4.72. The van der Waals surface area contributed by atoms with Gasteiger partial charge < -0.3 is 5.11 Å². The molecule has 11 heavy (non-hydrogen) atoms. The van der Waals surface area contributed by atoms with E-state index in [2.05, 4.69) is 41.5 Å². The highest BCUT2D eigenvalue weighted by Crippen LogP contribution is 2.35. The first-order valence-corrected chi connectivity index (χ1v) is 4.40. The van der Waals surface area contributed by atoms with Crippen molar-refractivity contribution in [3.8, 4) is 0 Å². The highest BCUT2D eigenvalue weighted by molar-refractivity contribution is 4.85. The van der Waals surface area contributed by atoms with E-state index >= 15 is 0 Å². The summed E-state index contributed by atoms with van der Waals surface area (Å²) in [5, 5.41) is 9.91. The van der Waals surface area contributed by atoms with Gasteiger partial charge in [-0.05, 0) is 17.3 Å². The molecule has 0 aromatic carbocycles. The van der Waals surface area contributed by atoms with Gasteiger partial charge in [0.15, 0.2) is 0 Å². The fourth-order valence-corrected chi connectivity index (χ4v) is 1.37. The molecule has 0 radical (unpaired) electrons. The Morgan fingerprint density at radius 3 is 1.55 bits per heavy atom. The van der Waals surface area contributed by atoms with Crippen LogP contribution in [0.4, 0.5) is 0 Å². The summed E-state index contributed by atoms with van der Waals surface area (Å²) < 4.78 is 0. The minimum atomic E-state index is -0.222. The predicted molar refractivity (Wildman–Crippen MR) is 49.5 cm³/mol. The second-order valence-corrected chi connectivity index (χ2v) is 5.11. The Kier molecular flexibility index (Phi) is 3.13. The van der Waals surface area contributed by atoms with E-state index in [0.717, 1.165) is 6.42 Å². The summed E-state index contributed by atoms with van der Waals surface area (Å²) in [4.78, 5) is 0. The molecule has 0 aliphatic rings. The third-order valence-electron chi connectivity index (χ3n) is 2.47. The molecule has 1 heteroatoms.